The molecular weight excluding hydrogens is 864 g/mol. The lowest BCUT2D eigenvalue weighted by Gasteiger charge is -2.51. The molecule has 0 unspecified atom stereocenters. The van der Waals surface area contributed by atoms with Gasteiger partial charge >= 0.3 is 0 Å². The largest absolute Gasteiger partial charge is 0.394 e. The van der Waals surface area contributed by atoms with E-state index in [2.05, 4.69) is 0 Å². The molecule has 6 heterocycles. The van der Waals surface area contributed by atoms with Crippen molar-refractivity contribution in [3.63, 3.8) is 0 Å². The third kappa shape index (κ3) is 10.4. The summed E-state index contributed by atoms with van der Waals surface area (Å²) < 4.78 is 63.5. The van der Waals surface area contributed by atoms with Crippen molar-refractivity contribution in [1.82, 2.24) is 0 Å². The molecule has 30 atom stereocenters. The van der Waals surface area contributed by atoms with E-state index in [1.54, 1.807) is 0 Å². The molecule has 0 amide bonds. The summed E-state index contributed by atoms with van der Waals surface area (Å²) in [6.45, 7) is 3.53. The number of hydrogen-bond acceptors (Lipinski definition) is 27. The molecule has 16 N–H and O–H groups in total. The van der Waals surface area contributed by atoms with Gasteiger partial charge in [0.15, 0.2) is 37.7 Å². The van der Waals surface area contributed by atoms with Crippen molar-refractivity contribution in [3.05, 3.63) is 0 Å². The number of aliphatic hydroxyl groups is 16. The van der Waals surface area contributed by atoms with E-state index in [-0.39, 0.29) is 0 Å². The van der Waals surface area contributed by atoms with Crippen LogP contribution in [0, 0.1) is 0 Å². The van der Waals surface area contributed by atoms with Crippen LogP contribution in [0.15, 0.2) is 0 Å². The van der Waals surface area contributed by atoms with Crippen molar-refractivity contribution in [3.8, 4) is 0 Å². The lowest BCUT2D eigenvalue weighted by atomic mass is 9.95. The van der Waals surface area contributed by atoms with E-state index in [0.717, 1.165) is 0 Å². The predicted octanol–water partition coefficient (Wildman–Crippen LogP) is -9.99. The smallest absolute Gasteiger partial charge is 0.187 e. The maximum atomic E-state index is 12.1. The molecule has 6 aliphatic heterocycles. The topological polar surface area (TPSA) is 425 Å². The molecule has 27 nitrogen and oxygen atoms in total. The number of aliphatic hydroxyl groups excluding tert-OH is 16. The quantitative estimate of drug-likeness (QED) is 0.0864. The van der Waals surface area contributed by atoms with Crippen LogP contribution < -0.4 is 0 Å². The fourth-order valence-electron chi connectivity index (χ4n) is 8.26. The molecule has 368 valence electrons. The van der Waals surface area contributed by atoms with E-state index in [0.29, 0.717) is 0 Å². The Balaban J connectivity index is 1.33. The van der Waals surface area contributed by atoms with Gasteiger partial charge in [0.1, 0.15) is 122 Å². The van der Waals surface area contributed by atoms with Gasteiger partial charge in [-0.3, -0.25) is 0 Å². The summed E-state index contributed by atoms with van der Waals surface area (Å²) >= 11 is 0. The highest BCUT2D eigenvalue weighted by molar-refractivity contribution is 4.99. The van der Waals surface area contributed by atoms with Gasteiger partial charge in [0, 0.05) is 0 Å². The highest BCUT2D eigenvalue weighted by Crippen LogP contribution is 2.38. The van der Waals surface area contributed by atoms with E-state index in [1.807, 2.05) is 0 Å². The first-order valence-electron chi connectivity index (χ1n) is 20.6. The Kier molecular flexibility index (Phi) is 17.2. The second-order valence-electron chi connectivity index (χ2n) is 16.7. The summed E-state index contributed by atoms with van der Waals surface area (Å²) in [5.41, 5.74) is 0. The zero-order valence-electron chi connectivity index (χ0n) is 34.4. The Morgan fingerprint density at radius 3 is 1.06 bits per heavy atom. The van der Waals surface area contributed by atoms with Crippen LogP contribution in [0.4, 0.5) is 0 Å². The molecule has 0 saturated carbocycles. The minimum absolute atomic E-state index is 0.897. The van der Waals surface area contributed by atoms with E-state index in [9.17, 15) is 81.7 Å². The van der Waals surface area contributed by atoms with E-state index < -0.39 is 197 Å². The van der Waals surface area contributed by atoms with E-state index in [1.165, 1.54) is 27.7 Å². The monoisotopic (exact) mass is 926 g/mol. The molecule has 0 bridgehead atoms. The molecule has 0 spiro atoms. The summed E-state index contributed by atoms with van der Waals surface area (Å²) in [5.74, 6) is 0. The van der Waals surface area contributed by atoms with Crippen LogP contribution in [-0.4, -0.2) is 279 Å². The van der Waals surface area contributed by atoms with Crippen LogP contribution >= 0.6 is 0 Å². The van der Waals surface area contributed by atoms with Crippen molar-refractivity contribution in [2.75, 3.05) is 13.2 Å². The Labute approximate surface area is 358 Å². The van der Waals surface area contributed by atoms with Crippen LogP contribution in [0.3, 0.4) is 0 Å². The van der Waals surface area contributed by atoms with Gasteiger partial charge in [0.05, 0.1) is 37.6 Å². The third-order valence-corrected chi connectivity index (χ3v) is 12.3. The highest BCUT2D eigenvalue weighted by Gasteiger charge is 2.58. The molecule has 6 fully saturated rings. The SMILES string of the molecule is C[C@@H]1O[C@@H](O[C@H]2[C@H](O[C@@H]3[C@@H](O)[C@@H](O)[C@@H](C)O[C@@H]3O)O[C@H](CO)[C@@H](O)[C@@H]2O)[C@H](O)[C@H](O[C@@H]2O[C@H](CO)[C@@H](O)[C@H](O)[C@H]2O[C@@H]2O[C@H](C)[C@@H](O)[C@H](O)[C@H]2O)[C@H]1O[C@@H]1O[C@H](C)[C@@H](O)[C@H](O)[C@H]1O. The summed E-state index contributed by atoms with van der Waals surface area (Å²) in [5, 5.41) is 171. The summed E-state index contributed by atoms with van der Waals surface area (Å²) in [6.07, 6.45) is -52.8. The molecule has 0 aromatic carbocycles. The summed E-state index contributed by atoms with van der Waals surface area (Å²) in [6, 6.07) is 0. The zero-order valence-corrected chi connectivity index (χ0v) is 34.4. The van der Waals surface area contributed by atoms with Gasteiger partial charge in [0.2, 0.25) is 0 Å². The van der Waals surface area contributed by atoms with Gasteiger partial charge in [-0.2, -0.15) is 0 Å². The highest BCUT2D eigenvalue weighted by atomic mass is 16.8. The lowest BCUT2D eigenvalue weighted by molar-refractivity contribution is -0.413. The summed E-state index contributed by atoms with van der Waals surface area (Å²) in [4.78, 5) is 0. The zero-order chi connectivity index (χ0) is 46.5. The molecule has 63 heavy (non-hydrogen) atoms. The molecule has 0 aliphatic carbocycles. The first kappa shape index (κ1) is 51.3. The Morgan fingerprint density at radius 1 is 0.286 bits per heavy atom. The van der Waals surface area contributed by atoms with Crippen LogP contribution in [0.5, 0.6) is 0 Å². The predicted molar refractivity (Wildman–Crippen MR) is 194 cm³/mol. The number of hydrogen-bond donors (Lipinski definition) is 16. The minimum atomic E-state index is -2.19. The Morgan fingerprint density at radius 2 is 0.619 bits per heavy atom. The van der Waals surface area contributed by atoms with E-state index >= 15 is 0 Å². The van der Waals surface area contributed by atoms with Gasteiger partial charge < -0.3 is 134 Å². The van der Waals surface area contributed by atoms with Crippen LogP contribution in [-0.2, 0) is 52.1 Å². The molecular formula is C36H62O27. The van der Waals surface area contributed by atoms with Gasteiger partial charge in [-0.25, -0.2) is 0 Å². The minimum Gasteiger partial charge on any atom is -0.394 e. The van der Waals surface area contributed by atoms with Gasteiger partial charge in [-0.15, -0.1) is 0 Å². The Hall–Kier alpha value is -1.08. The van der Waals surface area contributed by atoms with Crippen LogP contribution in [0.2, 0.25) is 0 Å². The molecule has 0 aromatic rings. The number of ether oxygens (including phenoxy) is 11. The van der Waals surface area contributed by atoms with Crippen molar-refractivity contribution in [2.45, 2.75) is 212 Å². The maximum absolute atomic E-state index is 12.1. The molecule has 6 rings (SSSR count). The average Bonchev–Trinajstić information content (AvgIpc) is 3.25. The van der Waals surface area contributed by atoms with Crippen molar-refractivity contribution in [1.29, 1.82) is 0 Å². The van der Waals surface area contributed by atoms with Crippen LogP contribution in [0.1, 0.15) is 27.7 Å². The second-order valence-corrected chi connectivity index (χ2v) is 16.7. The average molecular weight is 927 g/mol. The van der Waals surface area contributed by atoms with E-state index in [4.69, 9.17) is 52.1 Å². The first-order chi connectivity index (χ1) is 29.6. The van der Waals surface area contributed by atoms with Crippen molar-refractivity contribution in [2.24, 2.45) is 0 Å². The molecule has 0 aromatic heterocycles. The maximum Gasteiger partial charge on any atom is 0.187 e. The fraction of sp³-hybridized carbons (Fsp3) is 1.00. The molecule has 0 radical (unpaired) electrons. The summed E-state index contributed by atoms with van der Waals surface area (Å²) in [7, 11) is 0. The van der Waals surface area contributed by atoms with Gasteiger partial charge in [0.25, 0.3) is 0 Å². The Bertz CT molecular complexity index is 1440. The second kappa shape index (κ2) is 21.1. The standard InChI is InChI=1S/C36H62O27/c1-7-15(41)20(46)28(31(52)53-7)61-36-30(22(48)17(43)12(6-38)58-36)63-34-25(51)27(26(10(4)56-34)59-32-23(49)18(44)13(39)8(2)54-32)60-35-29(21(47)16(42)11(5-37)57-35)62-33-24(50)19(45)14(40)9(3)55-33/h7-52H,5-6H2,1-4H3/t7-,8-,9-,10+,11-,12-,13-,14-,15+,16-,17-,18+,19+,20+,21+,22+,23-,24-,25-,26+,27+,28-,29-,30-,31+,32+,33+,34+,35+,36+/m1/s1. The van der Waals surface area contributed by atoms with Gasteiger partial charge in [-0.05, 0) is 27.7 Å². The van der Waals surface area contributed by atoms with Crippen LogP contribution in [0.25, 0.3) is 0 Å². The van der Waals surface area contributed by atoms with Crippen molar-refractivity contribution >= 4 is 0 Å². The molecule has 6 aliphatic rings. The molecule has 6 saturated heterocycles. The van der Waals surface area contributed by atoms with Crippen molar-refractivity contribution < 1.29 is 134 Å². The third-order valence-electron chi connectivity index (χ3n) is 12.3. The normalized spacial score (nSPS) is 56.0. The van der Waals surface area contributed by atoms with Gasteiger partial charge in [-0.1, -0.05) is 0 Å². The first-order valence-corrected chi connectivity index (χ1v) is 20.6. The molecule has 27 heteroatoms. The fourth-order valence-corrected chi connectivity index (χ4v) is 8.26. The number of rotatable bonds is 12. The lowest BCUT2D eigenvalue weighted by Crippen LogP contribution is -2.68.